The van der Waals surface area contributed by atoms with Crippen molar-refractivity contribution in [1.82, 2.24) is 10.3 Å². The van der Waals surface area contributed by atoms with Gasteiger partial charge in [-0.25, -0.2) is 0 Å². The SMILES string of the molecule is CCCC(CCNC(=O)c1cncc(Br)c1)CCC(=O)O. The maximum atomic E-state index is 11.9. The highest BCUT2D eigenvalue weighted by Crippen LogP contribution is 2.17. The number of nitrogens with zero attached hydrogens (tertiary/aromatic N) is 1. The van der Waals surface area contributed by atoms with E-state index >= 15 is 0 Å². The highest BCUT2D eigenvalue weighted by atomic mass is 79.9. The molecule has 1 heterocycles. The zero-order chi connectivity index (χ0) is 15.7. The molecule has 1 atom stereocenters. The molecule has 0 saturated heterocycles. The minimum absolute atomic E-state index is 0.155. The van der Waals surface area contributed by atoms with Crippen molar-refractivity contribution in [2.45, 2.75) is 39.0 Å². The highest BCUT2D eigenvalue weighted by Gasteiger charge is 2.11. The van der Waals surface area contributed by atoms with Gasteiger partial charge >= 0.3 is 5.97 Å². The molecule has 0 fully saturated rings. The molecule has 0 radical (unpaired) electrons. The smallest absolute Gasteiger partial charge is 0.303 e. The van der Waals surface area contributed by atoms with E-state index in [1.54, 1.807) is 12.3 Å². The number of halogens is 1. The molecule has 0 aromatic carbocycles. The Bertz CT molecular complexity index is 480. The minimum atomic E-state index is -0.764. The van der Waals surface area contributed by atoms with Crippen molar-refractivity contribution in [3.05, 3.63) is 28.5 Å². The number of nitrogens with one attached hydrogen (secondary N) is 1. The Kier molecular flexibility index (Phi) is 7.97. The van der Waals surface area contributed by atoms with Crippen molar-refractivity contribution < 1.29 is 14.7 Å². The molecule has 1 unspecified atom stereocenters. The number of carboxylic acid groups (broad SMARTS) is 1. The third-order valence-electron chi connectivity index (χ3n) is 3.27. The van der Waals surface area contributed by atoms with Crippen LogP contribution >= 0.6 is 15.9 Å². The molecule has 116 valence electrons. The quantitative estimate of drug-likeness (QED) is 0.711. The number of hydrogen-bond donors (Lipinski definition) is 2. The van der Waals surface area contributed by atoms with Crippen molar-refractivity contribution >= 4 is 27.8 Å². The van der Waals surface area contributed by atoms with Crippen LogP contribution in [-0.2, 0) is 4.79 Å². The number of hydrogen-bond acceptors (Lipinski definition) is 3. The zero-order valence-electron chi connectivity index (χ0n) is 12.1. The Hall–Kier alpha value is -1.43. The van der Waals surface area contributed by atoms with Crippen LogP contribution in [0.1, 0.15) is 49.4 Å². The van der Waals surface area contributed by atoms with E-state index < -0.39 is 5.97 Å². The second-order valence-electron chi connectivity index (χ2n) is 5.02. The van der Waals surface area contributed by atoms with Crippen LogP contribution in [-0.4, -0.2) is 28.5 Å². The number of aromatic nitrogens is 1. The Morgan fingerprint density at radius 1 is 1.33 bits per heavy atom. The lowest BCUT2D eigenvalue weighted by Gasteiger charge is -2.15. The molecular weight excluding hydrogens is 336 g/mol. The summed E-state index contributed by atoms with van der Waals surface area (Å²) in [5.41, 5.74) is 0.516. The summed E-state index contributed by atoms with van der Waals surface area (Å²) >= 11 is 3.28. The standard InChI is InChI=1S/C15H21BrN2O3/c1-2-3-11(4-5-14(19)20)6-7-18-15(21)12-8-13(16)10-17-9-12/h8-11H,2-7H2,1H3,(H,18,21)(H,19,20). The largest absolute Gasteiger partial charge is 0.481 e. The van der Waals surface area contributed by atoms with E-state index in [-0.39, 0.29) is 12.3 Å². The number of aliphatic carboxylic acids is 1. The van der Waals surface area contributed by atoms with Gasteiger partial charge in [-0.3, -0.25) is 14.6 Å². The molecular formula is C15H21BrN2O3. The Labute approximate surface area is 133 Å². The summed E-state index contributed by atoms with van der Waals surface area (Å²) in [7, 11) is 0. The summed E-state index contributed by atoms with van der Waals surface area (Å²) < 4.78 is 0.764. The predicted molar refractivity (Wildman–Crippen MR) is 84.2 cm³/mol. The van der Waals surface area contributed by atoms with Gasteiger partial charge < -0.3 is 10.4 Å². The van der Waals surface area contributed by atoms with E-state index in [9.17, 15) is 9.59 Å². The van der Waals surface area contributed by atoms with Crippen molar-refractivity contribution in [3.63, 3.8) is 0 Å². The molecule has 0 spiro atoms. The monoisotopic (exact) mass is 356 g/mol. The van der Waals surface area contributed by atoms with E-state index in [1.165, 1.54) is 6.20 Å². The van der Waals surface area contributed by atoms with Gasteiger partial charge in [0.05, 0.1) is 5.56 Å². The number of pyridine rings is 1. The fourth-order valence-electron chi connectivity index (χ4n) is 2.20. The van der Waals surface area contributed by atoms with Crippen LogP contribution in [0.3, 0.4) is 0 Å². The van der Waals surface area contributed by atoms with Gasteiger partial charge in [-0.15, -0.1) is 0 Å². The van der Waals surface area contributed by atoms with Gasteiger partial charge in [0, 0.05) is 29.8 Å². The van der Waals surface area contributed by atoms with Gasteiger partial charge in [-0.2, -0.15) is 0 Å². The summed E-state index contributed by atoms with van der Waals surface area (Å²) in [6, 6.07) is 1.72. The van der Waals surface area contributed by atoms with Crippen LogP contribution in [0, 0.1) is 5.92 Å². The first kappa shape index (κ1) is 17.6. The number of rotatable bonds is 9. The first-order valence-corrected chi connectivity index (χ1v) is 7.92. The van der Waals surface area contributed by atoms with Crippen LogP contribution < -0.4 is 5.32 Å². The molecule has 2 N–H and O–H groups in total. The first-order valence-electron chi connectivity index (χ1n) is 7.13. The van der Waals surface area contributed by atoms with E-state index in [0.29, 0.717) is 24.4 Å². The average Bonchev–Trinajstić information content (AvgIpc) is 2.44. The van der Waals surface area contributed by atoms with Gasteiger partial charge in [0.1, 0.15) is 0 Å². The summed E-state index contributed by atoms with van der Waals surface area (Å²) in [4.78, 5) is 26.5. The Morgan fingerprint density at radius 3 is 2.71 bits per heavy atom. The molecule has 0 aliphatic carbocycles. The molecule has 6 heteroatoms. The van der Waals surface area contributed by atoms with Crippen LogP contribution in [0.2, 0.25) is 0 Å². The normalized spacial score (nSPS) is 11.9. The Morgan fingerprint density at radius 2 is 2.10 bits per heavy atom. The summed E-state index contributed by atoms with van der Waals surface area (Å²) in [6.07, 6.45) is 6.81. The lowest BCUT2D eigenvalue weighted by Crippen LogP contribution is -2.26. The number of carboxylic acids is 1. The molecule has 0 saturated carbocycles. The molecule has 1 aromatic heterocycles. The summed E-state index contributed by atoms with van der Waals surface area (Å²) in [5.74, 6) is -0.579. The molecule has 5 nitrogen and oxygen atoms in total. The van der Waals surface area contributed by atoms with Gasteiger partial charge in [-0.1, -0.05) is 19.8 Å². The minimum Gasteiger partial charge on any atom is -0.481 e. The predicted octanol–water partition coefficient (Wildman–Crippen LogP) is 3.25. The summed E-state index contributed by atoms with van der Waals surface area (Å²) in [5, 5.41) is 11.6. The number of carbonyl (C=O) groups excluding carboxylic acids is 1. The van der Waals surface area contributed by atoms with Crippen LogP contribution in [0.25, 0.3) is 0 Å². The van der Waals surface area contributed by atoms with Gasteiger partial charge in [0.2, 0.25) is 0 Å². The molecule has 1 aromatic rings. The van der Waals surface area contributed by atoms with E-state index in [4.69, 9.17) is 5.11 Å². The number of amides is 1. The molecule has 0 bridgehead atoms. The molecule has 1 rings (SSSR count). The average molecular weight is 357 g/mol. The van der Waals surface area contributed by atoms with E-state index in [0.717, 1.165) is 23.7 Å². The van der Waals surface area contributed by atoms with Crippen molar-refractivity contribution in [2.75, 3.05) is 6.54 Å². The summed E-state index contributed by atoms with van der Waals surface area (Å²) in [6.45, 7) is 2.63. The van der Waals surface area contributed by atoms with Gasteiger partial charge in [-0.05, 0) is 40.8 Å². The topological polar surface area (TPSA) is 79.3 Å². The van der Waals surface area contributed by atoms with E-state index in [2.05, 4.69) is 33.2 Å². The molecule has 0 aliphatic rings. The molecule has 0 aliphatic heterocycles. The van der Waals surface area contributed by atoms with Crippen LogP contribution in [0.4, 0.5) is 0 Å². The fraction of sp³-hybridized carbons (Fsp3) is 0.533. The van der Waals surface area contributed by atoms with Crippen molar-refractivity contribution in [3.8, 4) is 0 Å². The van der Waals surface area contributed by atoms with Gasteiger partial charge in [0.15, 0.2) is 0 Å². The van der Waals surface area contributed by atoms with E-state index in [1.807, 2.05) is 0 Å². The maximum Gasteiger partial charge on any atom is 0.303 e. The molecule has 21 heavy (non-hydrogen) atoms. The lowest BCUT2D eigenvalue weighted by molar-refractivity contribution is -0.137. The van der Waals surface area contributed by atoms with Gasteiger partial charge in [0.25, 0.3) is 5.91 Å². The lowest BCUT2D eigenvalue weighted by atomic mass is 9.94. The second-order valence-corrected chi connectivity index (χ2v) is 5.94. The first-order chi connectivity index (χ1) is 10.0. The third-order valence-corrected chi connectivity index (χ3v) is 3.70. The Balaban J connectivity index is 2.38. The van der Waals surface area contributed by atoms with Crippen LogP contribution in [0.15, 0.2) is 22.9 Å². The van der Waals surface area contributed by atoms with Crippen molar-refractivity contribution in [1.29, 1.82) is 0 Å². The third kappa shape index (κ3) is 7.22. The highest BCUT2D eigenvalue weighted by molar-refractivity contribution is 9.10. The number of carbonyl (C=O) groups is 2. The van der Waals surface area contributed by atoms with Crippen molar-refractivity contribution in [2.24, 2.45) is 5.92 Å². The molecule has 1 amide bonds. The second kappa shape index (κ2) is 9.50. The zero-order valence-corrected chi connectivity index (χ0v) is 13.7. The maximum absolute atomic E-state index is 11.9. The van der Waals surface area contributed by atoms with Crippen LogP contribution in [0.5, 0.6) is 0 Å². The fourth-order valence-corrected chi connectivity index (χ4v) is 2.56.